The molecule has 0 fully saturated rings. The van der Waals surface area contributed by atoms with Crippen LogP contribution < -0.4 is 0 Å². The van der Waals surface area contributed by atoms with Gasteiger partial charge in [0.05, 0.1) is 0 Å². The van der Waals surface area contributed by atoms with E-state index in [4.69, 9.17) is 0 Å². The quantitative estimate of drug-likeness (QED) is 0.578. The van der Waals surface area contributed by atoms with Crippen molar-refractivity contribution < 1.29 is 4.21 Å². The summed E-state index contributed by atoms with van der Waals surface area (Å²) in [5, 5.41) is 0. The van der Waals surface area contributed by atoms with Crippen molar-refractivity contribution in [2.45, 2.75) is 27.7 Å². The van der Waals surface area contributed by atoms with Crippen LogP contribution in [0.4, 0.5) is 0 Å². The minimum absolute atomic E-state index is 0.558. The van der Waals surface area contributed by atoms with Crippen LogP contribution in [0.15, 0.2) is 0 Å². The monoisotopic (exact) mass is 161 g/mol. The minimum atomic E-state index is 0.558. The molecule has 0 aliphatic heterocycles. The lowest BCUT2D eigenvalue weighted by atomic mass is 9.87. The van der Waals surface area contributed by atoms with E-state index < -0.39 is 0 Å². The maximum absolute atomic E-state index is 10.2. The molecule has 0 rings (SSSR count). The highest BCUT2D eigenvalue weighted by atomic mass is 32.1. The summed E-state index contributed by atoms with van der Waals surface area (Å²) in [6.45, 7) is 8.77. The first-order valence-corrected chi connectivity index (χ1v) is 4.75. The van der Waals surface area contributed by atoms with E-state index in [1.165, 1.54) is 0 Å². The van der Waals surface area contributed by atoms with Crippen LogP contribution in [0.3, 0.4) is 0 Å². The number of hydrogen-bond acceptors (Lipinski definition) is 1. The van der Waals surface area contributed by atoms with E-state index >= 15 is 0 Å². The molecule has 0 aromatic rings. The molecule has 0 N–H and O–H groups in total. The molecule has 0 aliphatic carbocycles. The predicted octanol–water partition coefficient (Wildman–Crippen LogP) is 2.34. The van der Waals surface area contributed by atoms with Gasteiger partial charge in [-0.25, -0.2) is 0 Å². The summed E-state index contributed by atoms with van der Waals surface area (Å²) in [7, 11) is 0. The van der Waals surface area contributed by atoms with Gasteiger partial charge >= 0.3 is 11.7 Å². The SMILES string of the molecule is CC(C)C(C)C(C)C[S+]=O. The molecule has 2 unspecified atom stereocenters. The fraction of sp³-hybridized carbons (Fsp3) is 1.00. The summed E-state index contributed by atoms with van der Waals surface area (Å²) >= 11 is 0.705. The fourth-order valence-electron chi connectivity index (χ4n) is 0.916. The molecule has 0 aromatic carbocycles. The van der Waals surface area contributed by atoms with Crippen LogP contribution in [0.2, 0.25) is 0 Å². The molecule has 0 bridgehead atoms. The lowest BCUT2D eigenvalue weighted by Crippen LogP contribution is -2.16. The Morgan fingerprint density at radius 3 is 2.00 bits per heavy atom. The zero-order chi connectivity index (χ0) is 8.15. The number of rotatable bonds is 4. The lowest BCUT2D eigenvalue weighted by molar-refractivity contribution is 0.319. The Labute approximate surface area is 67.7 Å². The van der Waals surface area contributed by atoms with Gasteiger partial charge in [0, 0.05) is 10.1 Å². The Morgan fingerprint density at radius 1 is 1.20 bits per heavy atom. The third-order valence-electron chi connectivity index (χ3n) is 2.28. The maximum Gasteiger partial charge on any atom is 0.458 e. The van der Waals surface area contributed by atoms with E-state index in [2.05, 4.69) is 27.7 Å². The van der Waals surface area contributed by atoms with Crippen molar-refractivity contribution in [3.8, 4) is 0 Å². The van der Waals surface area contributed by atoms with Crippen LogP contribution >= 0.6 is 0 Å². The lowest BCUT2D eigenvalue weighted by Gasteiger charge is -2.17. The molecule has 0 saturated carbocycles. The normalized spacial score (nSPS) is 16.9. The van der Waals surface area contributed by atoms with E-state index in [0.29, 0.717) is 29.4 Å². The predicted molar refractivity (Wildman–Crippen MR) is 46.1 cm³/mol. The van der Waals surface area contributed by atoms with Gasteiger partial charge in [-0.2, -0.15) is 0 Å². The second kappa shape index (κ2) is 4.78. The van der Waals surface area contributed by atoms with E-state index in [-0.39, 0.29) is 0 Å². The van der Waals surface area contributed by atoms with Crippen molar-refractivity contribution >= 4 is 11.7 Å². The highest BCUT2D eigenvalue weighted by Gasteiger charge is 2.20. The second-order valence-electron chi connectivity index (χ2n) is 3.36. The molecule has 2 heteroatoms. The summed E-state index contributed by atoms with van der Waals surface area (Å²) in [4.78, 5) is 0. The molecule has 0 aliphatic rings. The zero-order valence-corrected chi connectivity index (χ0v) is 8.07. The van der Waals surface area contributed by atoms with Gasteiger partial charge in [-0.3, -0.25) is 0 Å². The van der Waals surface area contributed by atoms with Gasteiger partial charge < -0.3 is 0 Å². The Hall–Kier alpha value is 0.0200. The van der Waals surface area contributed by atoms with Gasteiger partial charge in [0.2, 0.25) is 5.75 Å². The first-order chi connectivity index (χ1) is 4.59. The molecule has 0 spiro atoms. The molecular weight excluding hydrogens is 144 g/mol. The van der Waals surface area contributed by atoms with Crippen molar-refractivity contribution in [3.63, 3.8) is 0 Å². The summed E-state index contributed by atoms with van der Waals surface area (Å²) in [6, 6.07) is 0. The smallest absolute Gasteiger partial charge is 0.0625 e. The van der Waals surface area contributed by atoms with Crippen molar-refractivity contribution in [1.82, 2.24) is 0 Å². The van der Waals surface area contributed by atoms with Gasteiger partial charge in [-0.05, 0) is 11.8 Å². The summed E-state index contributed by atoms with van der Waals surface area (Å²) < 4.78 is 10.2. The molecule has 0 heterocycles. The molecule has 1 nitrogen and oxygen atoms in total. The third-order valence-corrected chi connectivity index (χ3v) is 2.94. The first-order valence-electron chi connectivity index (χ1n) is 3.84. The van der Waals surface area contributed by atoms with Crippen molar-refractivity contribution in [2.24, 2.45) is 17.8 Å². The van der Waals surface area contributed by atoms with E-state index in [9.17, 15) is 4.21 Å². The zero-order valence-electron chi connectivity index (χ0n) is 7.26. The molecule has 2 atom stereocenters. The molecule has 0 aromatic heterocycles. The van der Waals surface area contributed by atoms with E-state index in [1.54, 1.807) is 0 Å². The molecular formula is C8H17OS+. The van der Waals surface area contributed by atoms with Crippen molar-refractivity contribution in [3.05, 3.63) is 0 Å². The van der Waals surface area contributed by atoms with Crippen LogP contribution in [0.5, 0.6) is 0 Å². The largest absolute Gasteiger partial charge is 0.458 e. The van der Waals surface area contributed by atoms with Crippen LogP contribution in [0, 0.1) is 17.8 Å². The fourth-order valence-corrected chi connectivity index (χ4v) is 1.43. The summed E-state index contributed by atoms with van der Waals surface area (Å²) in [6.07, 6.45) is 0. The van der Waals surface area contributed by atoms with E-state index in [1.807, 2.05) is 0 Å². The van der Waals surface area contributed by atoms with Crippen LogP contribution in [-0.4, -0.2) is 5.75 Å². The maximum atomic E-state index is 10.2. The van der Waals surface area contributed by atoms with Gasteiger partial charge in [0.1, 0.15) is 0 Å². The molecule has 0 radical (unpaired) electrons. The van der Waals surface area contributed by atoms with Crippen molar-refractivity contribution in [1.29, 1.82) is 0 Å². The van der Waals surface area contributed by atoms with Gasteiger partial charge in [0.15, 0.2) is 0 Å². The van der Waals surface area contributed by atoms with E-state index in [0.717, 1.165) is 5.75 Å². The van der Waals surface area contributed by atoms with Gasteiger partial charge in [-0.1, -0.05) is 27.7 Å². The summed E-state index contributed by atoms with van der Waals surface area (Å²) in [5.74, 6) is 2.67. The van der Waals surface area contributed by atoms with Crippen LogP contribution in [0.25, 0.3) is 0 Å². The Morgan fingerprint density at radius 2 is 1.70 bits per heavy atom. The molecule has 0 amide bonds. The first kappa shape index (κ1) is 10.0. The molecule has 10 heavy (non-hydrogen) atoms. The summed E-state index contributed by atoms with van der Waals surface area (Å²) in [5.41, 5.74) is 0. The highest BCUT2D eigenvalue weighted by Crippen LogP contribution is 2.19. The van der Waals surface area contributed by atoms with Gasteiger partial charge in [-0.15, -0.1) is 0 Å². The van der Waals surface area contributed by atoms with Gasteiger partial charge in [0.25, 0.3) is 0 Å². The third kappa shape index (κ3) is 3.25. The van der Waals surface area contributed by atoms with Crippen LogP contribution in [-0.2, 0) is 15.9 Å². The average Bonchev–Trinajstić information content (AvgIpc) is 1.87. The van der Waals surface area contributed by atoms with Crippen molar-refractivity contribution in [2.75, 3.05) is 5.75 Å². The highest BCUT2D eigenvalue weighted by molar-refractivity contribution is 7.65. The average molecular weight is 161 g/mol. The molecule has 60 valence electrons. The Balaban J connectivity index is 3.68. The standard InChI is InChI=1S/C8H17OS/c1-6(2)8(4)7(3)5-10-9/h6-8H,5H2,1-4H3/q+1. The van der Waals surface area contributed by atoms with Crippen LogP contribution in [0.1, 0.15) is 27.7 Å². The minimum Gasteiger partial charge on any atom is -0.0625 e. The topological polar surface area (TPSA) is 17.1 Å². The molecule has 0 saturated heterocycles. The second-order valence-corrected chi connectivity index (χ2v) is 3.93. The Kier molecular flexibility index (Phi) is 4.79. The Bertz CT molecular complexity index is 101. The number of hydrogen-bond donors (Lipinski definition) is 0.